The van der Waals surface area contributed by atoms with Crippen LogP contribution in [0.5, 0.6) is 0 Å². The summed E-state index contributed by atoms with van der Waals surface area (Å²) in [7, 11) is 0. The molecule has 4 rings (SSSR count). The van der Waals surface area contributed by atoms with Gasteiger partial charge in [0.15, 0.2) is 6.29 Å². The van der Waals surface area contributed by atoms with Crippen molar-refractivity contribution >= 4 is 29.0 Å². The molecule has 0 radical (unpaired) electrons. The molecule has 3 aromatic rings. The minimum Gasteiger partial charge on any atom is -0.399 e. The van der Waals surface area contributed by atoms with Gasteiger partial charge in [-0.2, -0.15) is 0 Å². The van der Waals surface area contributed by atoms with Crippen molar-refractivity contribution in [1.82, 2.24) is 0 Å². The van der Waals surface area contributed by atoms with Crippen molar-refractivity contribution in [2.45, 2.75) is 43.8 Å². The van der Waals surface area contributed by atoms with Gasteiger partial charge in [-0.15, -0.1) is 11.8 Å². The van der Waals surface area contributed by atoms with Gasteiger partial charge < -0.3 is 25.6 Å². The van der Waals surface area contributed by atoms with E-state index in [1.165, 1.54) is 6.92 Å². The smallest absolute Gasteiger partial charge is 0.221 e. The Morgan fingerprint density at radius 1 is 1.03 bits per heavy atom. The highest BCUT2D eigenvalue weighted by Gasteiger charge is 2.38. The third-order valence-corrected chi connectivity index (χ3v) is 7.00. The number of nitrogen functional groups attached to an aromatic ring is 1. The van der Waals surface area contributed by atoms with Crippen molar-refractivity contribution in [1.29, 1.82) is 0 Å². The summed E-state index contributed by atoms with van der Waals surface area (Å²) in [6.45, 7) is 3.65. The Morgan fingerprint density at radius 2 is 1.76 bits per heavy atom. The van der Waals surface area contributed by atoms with Crippen molar-refractivity contribution in [2.24, 2.45) is 5.92 Å². The maximum absolute atomic E-state index is 11.3. The summed E-state index contributed by atoms with van der Waals surface area (Å²) < 4.78 is 12.9. The molecule has 0 aliphatic carbocycles. The van der Waals surface area contributed by atoms with Crippen LogP contribution in [0.1, 0.15) is 42.9 Å². The van der Waals surface area contributed by atoms with Gasteiger partial charge in [-0.1, -0.05) is 43.3 Å². The molecule has 34 heavy (non-hydrogen) atoms. The van der Waals surface area contributed by atoms with Crippen LogP contribution in [0.25, 0.3) is 0 Å². The van der Waals surface area contributed by atoms with Crippen molar-refractivity contribution < 1.29 is 19.4 Å². The first-order valence-electron chi connectivity index (χ1n) is 11.3. The summed E-state index contributed by atoms with van der Waals surface area (Å²) in [6.07, 6.45) is -0.765. The van der Waals surface area contributed by atoms with E-state index in [1.807, 2.05) is 72.8 Å². The number of thioether (sulfide) groups is 1. The lowest BCUT2D eigenvalue weighted by Crippen LogP contribution is -2.38. The second kappa shape index (κ2) is 11.1. The molecule has 0 aromatic heterocycles. The average molecular weight is 479 g/mol. The number of nitrogens with one attached hydrogen (secondary N) is 1. The van der Waals surface area contributed by atoms with E-state index >= 15 is 0 Å². The lowest BCUT2D eigenvalue weighted by atomic mass is 9.91. The van der Waals surface area contributed by atoms with E-state index in [-0.39, 0.29) is 30.6 Å². The SMILES string of the molecule is CC(=O)Nc1ccc(SC[C@H]2OC(c3cccc(N)c3)O[C@@H](c3ccc(CO)cc3)[C@H]2C)cc1. The Morgan fingerprint density at radius 3 is 2.41 bits per heavy atom. The van der Waals surface area contributed by atoms with Crippen molar-refractivity contribution in [3.63, 3.8) is 0 Å². The van der Waals surface area contributed by atoms with Crippen LogP contribution in [0, 0.1) is 5.92 Å². The summed E-state index contributed by atoms with van der Waals surface area (Å²) >= 11 is 1.71. The minimum absolute atomic E-state index is 0.0103. The van der Waals surface area contributed by atoms with E-state index in [2.05, 4.69) is 12.2 Å². The van der Waals surface area contributed by atoms with Crippen molar-refractivity contribution in [2.75, 3.05) is 16.8 Å². The molecule has 0 spiro atoms. The van der Waals surface area contributed by atoms with Crippen LogP contribution in [-0.4, -0.2) is 22.9 Å². The molecule has 7 heteroatoms. The molecule has 1 amide bonds. The first-order chi connectivity index (χ1) is 16.4. The highest BCUT2D eigenvalue weighted by atomic mass is 32.2. The predicted octanol–water partition coefficient (Wildman–Crippen LogP) is 5.30. The van der Waals surface area contributed by atoms with E-state index < -0.39 is 6.29 Å². The zero-order valence-electron chi connectivity index (χ0n) is 19.3. The summed E-state index contributed by atoms with van der Waals surface area (Å²) in [6, 6.07) is 23.3. The normalized spacial score (nSPS) is 22.3. The third-order valence-electron chi connectivity index (χ3n) is 5.90. The van der Waals surface area contributed by atoms with Gasteiger partial charge in [0.1, 0.15) is 0 Å². The number of nitrogens with two attached hydrogens (primary N) is 1. The second-order valence-electron chi connectivity index (χ2n) is 8.51. The number of rotatable bonds is 7. The number of anilines is 2. The van der Waals surface area contributed by atoms with Gasteiger partial charge in [-0.05, 0) is 47.5 Å². The topological polar surface area (TPSA) is 93.8 Å². The minimum atomic E-state index is -0.532. The zero-order valence-corrected chi connectivity index (χ0v) is 20.1. The Kier molecular flexibility index (Phi) is 7.90. The molecule has 1 heterocycles. The van der Waals surface area contributed by atoms with Gasteiger partial charge in [-0.3, -0.25) is 4.79 Å². The predicted molar refractivity (Wildman–Crippen MR) is 135 cm³/mol. The second-order valence-corrected chi connectivity index (χ2v) is 9.60. The summed E-state index contributed by atoms with van der Waals surface area (Å²) in [4.78, 5) is 12.4. The van der Waals surface area contributed by atoms with Crippen LogP contribution in [0.4, 0.5) is 11.4 Å². The van der Waals surface area contributed by atoms with E-state index in [0.29, 0.717) is 5.69 Å². The van der Waals surface area contributed by atoms with Crippen LogP contribution >= 0.6 is 11.8 Å². The molecule has 1 saturated heterocycles. The number of aliphatic hydroxyl groups is 1. The highest BCUT2D eigenvalue weighted by Crippen LogP contribution is 2.43. The van der Waals surface area contributed by atoms with E-state index in [4.69, 9.17) is 15.2 Å². The standard InChI is InChI=1S/C27H30N2O4S/c1-17-25(16-34-24-12-10-23(11-13-24)29-18(2)31)32-27(21-4-3-5-22(28)14-21)33-26(17)20-8-6-19(15-30)7-9-20/h3-14,17,25-27,30H,15-16,28H2,1-2H3,(H,29,31)/t17-,25+,26+,27?/m0/s1. The quantitative estimate of drug-likeness (QED) is 0.315. The fourth-order valence-electron chi connectivity index (χ4n) is 4.03. The number of aliphatic hydroxyl groups excluding tert-OH is 1. The average Bonchev–Trinajstić information content (AvgIpc) is 2.84. The summed E-state index contributed by atoms with van der Waals surface area (Å²) in [5, 5.41) is 12.2. The van der Waals surface area contributed by atoms with Crippen LogP contribution < -0.4 is 11.1 Å². The number of hydrogen-bond acceptors (Lipinski definition) is 6. The maximum atomic E-state index is 11.3. The van der Waals surface area contributed by atoms with E-state index in [0.717, 1.165) is 33.0 Å². The van der Waals surface area contributed by atoms with Crippen LogP contribution in [-0.2, 0) is 20.9 Å². The lowest BCUT2D eigenvalue weighted by Gasteiger charge is -2.41. The largest absolute Gasteiger partial charge is 0.399 e. The third kappa shape index (κ3) is 5.98. The van der Waals surface area contributed by atoms with Gasteiger partial charge in [0.05, 0.1) is 18.8 Å². The molecule has 0 saturated carbocycles. The molecule has 6 nitrogen and oxygen atoms in total. The van der Waals surface area contributed by atoms with Crippen LogP contribution in [0.15, 0.2) is 77.7 Å². The highest BCUT2D eigenvalue weighted by molar-refractivity contribution is 7.99. The van der Waals surface area contributed by atoms with Crippen LogP contribution in [0.3, 0.4) is 0 Å². The molecular weight excluding hydrogens is 448 g/mol. The number of ether oxygens (including phenoxy) is 2. The maximum Gasteiger partial charge on any atom is 0.221 e. The zero-order chi connectivity index (χ0) is 24.1. The molecule has 4 N–H and O–H groups in total. The molecule has 178 valence electrons. The van der Waals surface area contributed by atoms with Gasteiger partial charge in [0.25, 0.3) is 0 Å². The molecule has 1 aliphatic rings. The first-order valence-corrected chi connectivity index (χ1v) is 12.3. The Balaban J connectivity index is 1.53. The van der Waals surface area contributed by atoms with Crippen molar-refractivity contribution in [3.05, 3.63) is 89.5 Å². The molecule has 4 atom stereocenters. The fourth-order valence-corrected chi connectivity index (χ4v) is 5.10. The van der Waals surface area contributed by atoms with Gasteiger partial charge >= 0.3 is 0 Å². The monoisotopic (exact) mass is 478 g/mol. The molecular formula is C27H30N2O4S. The number of amides is 1. The van der Waals surface area contributed by atoms with Gasteiger partial charge in [0, 0.05) is 40.4 Å². The fraction of sp³-hybridized carbons (Fsp3) is 0.296. The van der Waals surface area contributed by atoms with Crippen molar-refractivity contribution in [3.8, 4) is 0 Å². The van der Waals surface area contributed by atoms with E-state index in [9.17, 15) is 9.90 Å². The number of benzene rings is 3. The lowest BCUT2D eigenvalue weighted by molar-refractivity contribution is -0.268. The molecule has 1 aliphatic heterocycles. The van der Waals surface area contributed by atoms with Crippen LogP contribution in [0.2, 0.25) is 0 Å². The van der Waals surface area contributed by atoms with Gasteiger partial charge in [-0.25, -0.2) is 0 Å². The molecule has 0 bridgehead atoms. The Labute approximate surface area is 204 Å². The number of carbonyl (C=O) groups is 1. The number of carbonyl (C=O) groups excluding carboxylic acids is 1. The Hall–Kier alpha value is -2.84. The van der Waals surface area contributed by atoms with Gasteiger partial charge in [0.2, 0.25) is 5.91 Å². The Bertz CT molecular complexity index is 1100. The number of hydrogen-bond donors (Lipinski definition) is 3. The summed E-state index contributed by atoms with van der Waals surface area (Å²) in [5.41, 5.74) is 10.3. The molecule has 1 unspecified atom stereocenters. The van der Waals surface area contributed by atoms with E-state index in [1.54, 1.807) is 11.8 Å². The summed E-state index contributed by atoms with van der Waals surface area (Å²) in [5.74, 6) is 0.757. The molecule has 3 aromatic carbocycles. The molecule has 1 fully saturated rings. The first kappa shape index (κ1) is 24.3.